The van der Waals surface area contributed by atoms with Crippen LogP contribution in [-0.4, -0.2) is 16.0 Å². The van der Waals surface area contributed by atoms with E-state index in [-0.39, 0.29) is 5.91 Å². The van der Waals surface area contributed by atoms with E-state index in [1.807, 2.05) is 74.5 Å². The predicted molar refractivity (Wildman–Crippen MR) is 110 cm³/mol. The largest absolute Gasteiger partial charge is 0.361 e. The number of nitrogens with one attached hydrogen (secondary N) is 1. The van der Waals surface area contributed by atoms with Crippen molar-refractivity contribution >= 4 is 22.5 Å². The lowest BCUT2D eigenvalue weighted by Gasteiger charge is -2.11. The van der Waals surface area contributed by atoms with E-state index in [2.05, 4.69) is 10.5 Å². The zero-order valence-electron chi connectivity index (χ0n) is 15.9. The Morgan fingerprint density at radius 3 is 2.54 bits per heavy atom. The lowest BCUT2D eigenvalue weighted by atomic mass is 10.1. The standard InChI is InChI=1S/C23H21N3O2/c1-15-18(16(2)28-26-15)12-13-23(27)25-22-14-21(17-8-4-3-5-9-17)24-20-11-7-6-10-19(20)22/h3-11,14H,12-13H2,1-2H3,(H,24,25,27). The third-order valence-corrected chi connectivity index (χ3v) is 4.84. The Hall–Kier alpha value is -3.47. The molecule has 2 heterocycles. The van der Waals surface area contributed by atoms with Gasteiger partial charge in [0.2, 0.25) is 5.91 Å². The summed E-state index contributed by atoms with van der Waals surface area (Å²) in [6.07, 6.45) is 0.960. The van der Waals surface area contributed by atoms with Crippen molar-refractivity contribution in [2.45, 2.75) is 26.7 Å². The van der Waals surface area contributed by atoms with Crippen molar-refractivity contribution in [3.63, 3.8) is 0 Å². The predicted octanol–water partition coefficient (Wildman–Crippen LogP) is 5.08. The summed E-state index contributed by atoms with van der Waals surface area (Å²) >= 11 is 0. The first-order valence-electron chi connectivity index (χ1n) is 9.28. The SMILES string of the molecule is Cc1noc(C)c1CCC(=O)Nc1cc(-c2ccccc2)nc2ccccc12. The number of nitrogens with zero attached hydrogens (tertiary/aromatic N) is 2. The second kappa shape index (κ2) is 7.64. The molecule has 0 spiro atoms. The average Bonchev–Trinajstić information content (AvgIpc) is 3.04. The van der Waals surface area contributed by atoms with Gasteiger partial charge >= 0.3 is 0 Å². The average molecular weight is 371 g/mol. The van der Waals surface area contributed by atoms with Crippen LogP contribution < -0.4 is 5.32 Å². The number of para-hydroxylation sites is 1. The second-order valence-electron chi connectivity index (χ2n) is 6.79. The van der Waals surface area contributed by atoms with Crippen molar-refractivity contribution < 1.29 is 9.32 Å². The third kappa shape index (κ3) is 3.64. The van der Waals surface area contributed by atoms with E-state index in [4.69, 9.17) is 9.51 Å². The van der Waals surface area contributed by atoms with E-state index < -0.39 is 0 Å². The van der Waals surface area contributed by atoms with E-state index in [9.17, 15) is 4.79 Å². The molecule has 4 aromatic rings. The maximum atomic E-state index is 12.6. The molecule has 0 unspecified atom stereocenters. The van der Waals surface area contributed by atoms with E-state index in [0.717, 1.165) is 44.9 Å². The molecule has 5 nitrogen and oxygen atoms in total. The Kier molecular flexibility index (Phi) is 4.89. The highest BCUT2D eigenvalue weighted by Crippen LogP contribution is 2.28. The molecule has 1 amide bonds. The van der Waals surface area contributed by atoms with Gasteiger partial charge in [0.25, 0.3) is 0 Å². The Labute approximate surface area is 163 Å². The number of rotatable bonds is 5. The van der Waals surface area contributed by atoms with E-state index in [0.29, 0.717) is 12.8 Å². The summed E-state index contributed by atoms with van der Waals surface area (Å²) in [5.74, 6) is 0.724. The lowest BCUT2D eigenvalue weighted by molar-refractivity contribution is -0.116. The minimum atomic E-state index is -0.0460. The van der Waals surface area contributed by atoms with Crippen molar-refractivity contribution in [2.75, 3.05) is 5.32 Å². The summed E-state index contributed by atoms with van der Waals surface area (Å²) in [5.41, 5.74) is 5.31. The van der Waals surface area contributed by atoms with Gasteiger partial charge in [-0.15, -0.1) is 0 Å². The van der Waals surface area contributed by atoms with Crippen LogP contribution in [0.25, 0.3) is 22.2 Å². The summed E-state index contributed by atoms with van der Waals surface area (Å²) < 4.78 is 5.18. The monoisotopic (exact) mass is 371 g/mol. The molecule has 140 valence electrons. The van der Waals surface area contributed by atoms with Crippen LogP contribution in [0.5, 0.6) is 0 Å². The third-order valence-electron chi connectivity index (χ3n) is 4.84. The molecule has 0 bridgehead atoms. The lowest BCUT2D eigenvalue weighted by Crippen LogP contribution is -2.13. The van der Waals surface area contributed by atoms with Crippen LogP contribution in [-0.2, 0) is 11.2 Å². The normalized spacial score (nSPS) is 10.9. The van der Waals surface area contributed by atoms with Crippen LogP contribution >= 0.6 is 0 Å². The molecule has 0 fully saturated rings. The maximum absolute atomic E-state index is 12.6. The molecule has 0 aliphatic heterocycles. The Balaban J connectivity index is 1.61. The number of carbonyl (C=O) groups is 1. The highest BCUT2D eigenvalue weighted by atomic mass is 16.5. The molecule has 2 aromatic heterocycles. The van der Waals surface area contributed by atoms with Crippen LogP contribution in [0.4, 0.5) is 5.69 Å². The fourth-order valence-electron chi connectivity index (χ4n) is 3.35. The molecule has 0 aliphatic carbocycles. The van der Waals surface area contributed by atoms with E-state index in [1.165, 1.54) is 0 Å². The van der Waals surface area contributed by atoms with Gasteiger partial charge in [0.05, 0.1) is 22.6 Å². The number of benzene rings is 2. The van der Waals surface area contributed by atoms with Crippen LogP contribution in [0.2, 0.25) is 0 Å². The van der Waals surface area contributed by atoms with Gasteiger partial charge in [0.15, 0.2) is 0 Å². The van der Waals surface area contributed by atoms with Gasteiger partial charge in [-0.3, -0.25) is 4.79 Å². The number of amides is 1. The molecule has 1 N–H and O–H groups in total. The highest BCUT2D eigenvalue weighted by Gasteiger charge is 2.13. The molecule has 28 heavy (non-hydrogen) atoms. The maximum Gasteiger partial charge on any atom is 0.224 e. The van der Waals surface area contributed by atoms with Crippen molar-refractivity contribution in [3.8, 4) is 11.3 Å². The zero-order valence-corrected chi connectivity index (χ0v) is 15.9. The van der Waals surface area contributed by atoms with Gasteiger partial charge in [-0.1, -0.05) is 53.7 Å². The number of aryl methyl sites for hydroxylation is 2. The molecule has 0 aliphatic rings. The van der Waals surface area contributed by atoms with Gasteiger partial charge in [-0.25, -0.2) is 4.98 Å². The minimum absolute atomic E-state index is 0.0460. The van der Waals surface area contributed by atoms with Crippen LogP contribution in [0.1, 0.15) is 23.4 Å². The number of anilines is 1. The molecular formula is C23H21N3O2. The zero-order chi connectivity index (χ0) is 19.5. The molecular weight excluding hydrogens is 350 g/mol. The Bertz CT molecular complexity index is 1110. The fraction of sp³-hybridized carbons (Fsp3) is 0.174. The van der Waals surface area contributed by atoms with Crippen LogP contribution in [0, 0.1) is 13.8 Å². The highest BCUT2D eigenvalue weighted by molar-refractivity contribution is 6.02. The first-order valence-corrected chi connectivity index (χ1v) is 9.28. The van der Waals surface area contributed by atoms with Crippen LogP contribution in [0.15, 0.2) is 65.2 Å². The minimum Gasteiger partial charge on any atom is -0.361 e. The molecule has 0 saturated heterocycles. The number of carbonyl (C=O) groups excluding carboxylic acids is 1. The number of pyridine rings is 1. The van der Waals surface area contributed by atoms with Gasteiger partial charge < -0.3 is 9.84 Å². The summed E-state index contributed by atoms with van der Waals surface area (Å²) in [6, 6.07) is 19.7. The van der Waals surface area contributed by atoms with Crippen molar-refractivity contribution in [1.29, 1.82) is 0 Å². The molecule has 0 atom stereocenters. The fourth-order valence-corrected chi connectivity index (χ4v) is 3.35. The topological polar surface area (TPSA) is 68.0 Å². The van der Waals surface area contributed by atoms with Crippen molar-refractivity contribution in [1.82, 2.24) is 10.1 Å². The number of fused-ring (bicyclic) bond motifs is 1. The quantitative estimate of drug-likeness (QED) is 0.531. The Morgan fingerprint density at radius 1 is 1.04 bits per heavy atom. The summed E-state index contributed by atoms with van der Waals surface area (Å²) in [7, 11) is 0. The molecule has 0 saturated carbocycles. The van der Waals surface area contributed by atoms with Gasteiger partial charge in [0.1, 0.15) is 5.76 Å². The first-order chi connectivity index (χ1) is 13.6. The number of hydrogen-bond donors (Lipinski definition) is 1. The van der Waals surface area contributed by atoms with Crippen LogP contribution in [0.3, 0.4) is 0 Å². The number of aromatic nitrogens is 2. The van der Waals surface area contributed by atoms with Crippen molar-refractivity contribution in [2.24, 2.45) is 0 Å². The molecule has 2 aromatic carbocycles. The van der Waals surface area contributed by atoms with Gasteiger partial charge in [0, 0.05) is 22.9 Å². The molecule has 4 rings (SSSR count). The van der Waals surface area contributed by atoms with E-state index in [1.54, 1.807) is 0 Å². The summed E-state index contributed by atoms with van der Waals surface area (Å²) in [6.45, 7) is 3.77. The Morgan fingerprint density at radius 2 is 1.79 bits per heavy atom. The smallest absolute Gasteiger partial charge is 0.224 e. The van der Waals surface area contributed by atoms with E-state index >= 15 is 0 Å². The van der Waals surface area contributed by atoms with Gasteiger partial charge in [-0.05, 0) is 32.4 Å². The summed E-state index contributed by atoms with van der Waals surface area (Å²) in [5, 5.41) is 7.94. The first kappa shape index (κ1) is 17.9. The van der Waals surface area contributed by atoms with Crippen molar-refractivity contribution in [3.05, 3.63) is 77.7 Å². The summed E-state index contributed by atoms with van der Waals surface area (Å²) in [4.78, 5) is 17.4. The molecule has 0 radical (unpaired) electrons. The second-order valence-corrected chi connectivity index (χ2v) is 6.79. The van der Waals surface area contributed by atoms with Gasteiger partial charge in [-0.2, -0.15) is 0 Å². The molecule has 5 heteroatoms. The number of hydrogen-bond acceptors (Lipinski definition) is 4.